The second kappa shape index (κ2) is 5.94. The minimum atomic E-state index is -4.36. The lowest BCUT2D eigenvalue weighted by Gasteiger charge is -2.09. The number of hydrogen-bond donors (Lipinski definition) is 1. The van der Waals surface area contributed by atoms with E-state index in [1.165, 1.54) is 23.5 Å². The van der Waals surface area contributed by atoms with E-state index < -0.39 is 11.7 Å². The van der Waals surface area contributed by atoms with Gasteiger partial charge in [0.15, 0.2) is 4.96 Å². The maximum atomic E-state index is 12.5. The first kappa shape index (κ1) is 16.5. The Morgan fingerprint density at radius 2 is 1.92 bits per heavy atom. The molecule has 3 rings (SSSR count). The van der Waals surface area contributed by atoms with Crippen LogP contribution in [0.25, 0.3) is 4.96 Å². The Morgan fingerprint density at radius 1 is 1.25 bits per heavy atom. The number of fused-ring (bicyclic) bond motifs is 1. The average molecular weight is 353 g/mol. The number of aryl methyl sites for hydroxylation is 2. The Labute approximate surface area is 139 Å². The highest BCUT2D eigenvalue weighted by atomic mass is 32.1. The van der Waals surface area contributed by atoms with Crippen LogP contribution in [0.3, 0.4) is 0 Å². The van der Waals surface area contributed by atoms with Gasteiger partial charge in [0.05, 0.1) is 11.3 Å². The van der Waals surface area contributed by atoms with Crippen LogP contribution in [0.1, 0.15) is 32.2 Å². The minimum Gasteiger partial charge on any atom is -0.347 e. The molecule has 24 heavy (non-hydrogen) atoms. The van der Waals surface area contributed by atoms with Crippen molar-refractivity contribution in [1.29, 1.82) is 0 Å². The molecular formula is C16H14F3N3OS. The van der Waals surface area contributed by atoms with Crippen molar-refractivity contribution in [1.82, 2.24) is 14.7 Å². The van der Waals surface area contributed by atoms with E-state index in [1.54, 1.807) is 11.3 Å². The van der Waals surface area contributed by atoms with Gasteiger partial charge in [0.25, 0.3) is 5.91 Å². The summed E-state index contributed by atoms with van der Waals surface area (Å²) in [5, 5.41) is 2.73. The molecule has 126 valence electrons. The predicted molar refractivity (Wildman–Crippen MR) is 85.2 cm³/mol. The maximum Gasteiger partial charge on any atom is 0.416 e. The number of carbonyl (C=O) groups excluding carboxylic acids is 1. The van der Waals surface area contributed by atoms with Gasteiger partial charge in [-0.1, -0.05) is 12.1 Å². The molecule has 1 aromatic carbocycles. The van der Waals surface area contributed by atoms with Crippen molar-refractivity contribution in [2.24, 2.45) is 0 Å². The van der Waals surface area contributed by atoms with E-state index in [2.05, 4.69) is 10.3 Å². The van der Waals surface area contributed by atoms with E-state index in [0.717, 1.165) is 22.0 Å². The molecule has 2 heterocycles. The predicted octanol–water partition coefficient (Wildman–Crippen LogP) is 3.96. The Bertz CT molecular complexity index is 894. The first-order chi connectivity index (χ1) is 11.3. The van der Waals surface area contributed by atoms with Gasteiger partial charge in [-0.2, -0.15) is 13.2 Å². The fourth-order valence-corrected chi connectivity index (χ4v) is 3.29. The van der Waals surface area contributed by atoms with E-state index in [9.17, 15) is 18.0 Å². The number of rotatable bonds is 3. The van der Waals surface area contributed by atoms with Crippen LogP contribution in [0.2, 0.25) is 0 Å². The molecular weight excluding hydrogens is 339 g/mol. The van der Waals surface area contributed by atoms with Crippen molar-refractivity contribution in [3.05, 3.63) is 57.9 Å². The van der Waals surface area contributed by atoms with Crippen LogP contribution in [0.5, 0.6) is 0 Å². The van der Waals surface area contributed by atoms with Gasteiger partial charge in [-0.25, -0.2) is 4.98 Å². The zero-order valence-corrected chi connectivity index (χ0v) is 13.8. The zero-order chi connectivity index (χ0) is 17.5. The first-order valence-corrected chi connectivity index (χ1v) is 7.97. The monoisotopic (exact) mass is 353 g/mol. The molecule has 0 saturated heterocycles. The van der Waals surface area contributed by atoms with Crippen LogP contribution in [-0.4, -0.2) is 15.3 Å². The summed E-state index contributed by atoms with van der Waals surface area (Å²) in [6, 6.07) is 4.73. The third-order valence-corrected chi connectivity index (χ3v) is 4.46. The second-order valence-corrected chi connectivity index (χ2v) is 6.63. The zero-order valence-electron chi connectivity index (χ0n) is 12.9. The smallest absolute Gasteiger partial charge is 0.347 e. The Hall–Kier alpha value is -2.35. The Kier molecular flexibility index (Phi) is 4.08. The molecule has 0 atom stereocenters. The van der Waals surface area contributed by atoms with Gasteiger partial charge in [-0.15, -0.1) is 11.3 Å². The average Bonchev–Trinajstić information content (AvgIpc) is 2.98. The molecule has 1 N–H and O–H groups in total. The summed E-state index contributed by atoms with van der Waals surface area (Å²) < 4.78 is 39.3. The summed E-state index contributed by atoms with van der Waals surface area (Å²) in [5.74, 6) is -0.308. The molecule has 0 bridgehead atoms. The summed E-state index contributed by atoms with van der Waals surface area (Å²) in [4.78, 5) is 18.5. The summed E-state index contributed by atoms with van der Waals surface area (Å²) >= 11 is 1.49. The molecule has 0 saturated carbocycles. The van der Waals surface area contributed by atoms with E-state index in [1.807, 2.05) is 13.1 Å². The van der Waals surface area contributed by atoms with Crippen molar-refractivity contribution in [2.75, 3.05) is 0 Å². The lowest BCUT2D eigenvalue weighted by Crippen LogP contribution is -2.24. The normalized spacial score (nSPS) is 11.9. The van der Waals surface area contributed by atoms with Crippen molar-refractivity contribution >= 4 is 22.2 Å². The number of nitrogens with zero attached hydrogens (tertiary/aromatic N) is 2. The lowest BCUT2D eigenvalue weighted by molar-refractivity contribution is -0.137. The van der Waals surface area contributed by atoms with Crippen molar-refractivity contribution in [2.45, 2.75) is 26.6 Å². The highest BCUT2D eigenvalue weighted by molar-refractivity contribution is 7.17. The second-order valence-electron chi connectivity index (χ2n) is 5.42. The maximum absolute atomic E-state index is 12.5. The Morgan fingerprint density at radius 3 is 2.54 bits per heavy atom. The van der Waals surface area contributed by atoms with Crippen molar-refractivity contribution in [3.63, 3.8) is 0 Å². The number of carbonyl (C=O) groups is 1. The molecule has 1 amide bonds. The number of nitrogens with one attached hydrogen (secondary N) is 1. The quantitative estimate of drug-likeness (QED) is 0.775. The number of hydrogen-bond acceptors (Lipinski definition) is 3. The van der Waals surface area contributed by atoms with Crippen LogP contribution in [0.4, 0.5) is 13.2 Å². The van der Waals surface area contributed by atoms with Crippen LogP contribution in [-0.2, 0) is 12.7 Å². The molecule has 0 aliphatic rings. The van der Waals surface area contributed by atoms with Crippen molar-refractivity contribution in [3.8, 4) is 0 Å². The number of aromatic nitrogens is 2. The van der Waals surface area contributed by atoms with Gasteiger partial charge >= 0.3 is 6.18 Å². The number of alkyl halides is 3. The number of benzene rings is 1. The number of amides is 1. The van der Waals surface area contributed by atoms with E-state index in [4.69, 9.17) is 0 Å². The van der Waals surface area contributed by atoms with E-state index >= 15 is 0 Å². The van der Waals surface area contributed by atoms with Gasteiger partial charge in [-0.05, 0) is 31.5 Å². The molecule has 0 fully saturated rings. The van der Waals surface area contributed by atoms with Gasteiger partial charge < -0.3 is 5.32 Å². The molecule has 3 aromatic rings. The summed E-state index contributed by atoms with van der Waals surface area (Å²) in [6.07, 6.45) is -2.52. The molecule has 0 spiro atoms. The molecule has 2 aromatic heterocycles. The largest absolute Gasteiger partial charge is 0.416 e. The third kappa shape index (κ3) is 3.14. The van der Waals surface area contributed by atoms with Gasteiger partial charge in [0.1, 0.15) is 5.69 Å². The van der Waals surface area contributed by atoms with Crippen LogP contribution in [0, 0.1) is 13.8 Å². The highest BCUT2D eigenvalue weighted by Gasteiger charge is 2.29. The Balaban J connectivity index is 1.74. The summed E-state index contributed by atoms with van der Waals surface area (Å²) in [5.41, 5.74) is 0.948. The number of halogens is 3. The fraction of sp³-hybridized carbons (Fsp3) is 0.250. The van der Waals surface area contributed by atoms with Gasteiger partial charge in [0.2, 0.25) is 0 Å². The molecule has 4 nitrogen and oxygen atoms in total. The minimum absolute atomic E-state index is 0.146. The SMILES string of the molecule is Cc1cn2c(C(=O)NCc3ccc(C(F)(F)F)cc3)c(C)nc2s1. The molecule has 0 aliphatic carbocycles. The highest BCUT2D eigenvalue weighted by Crippen LogP contribution is 2.29. The van der Waals surface area contributed by atoms with Gasteiger partial charge in [-0.3, -0.25) is 9.20 Å². The number of imidazole rings is 1. The van der Waals surface area contributed by atoms with Gasteiger partial charge in [0, 0.05) is 17.6 Å². The number of thiazole rings is 1. The molecule has 8 heteroatoms. The first-order valence-electron chi connectivity index (χ1n) is 7.15. The van der Waals surface area contributed by atoms with E-state index in [-0.39, 0.29) is 12.5 Å². The standard InChI is InChI=1S/C16H14F3N3OS/c1-9-8-22-13(10(2)21-15(22)24-9)14(23)20-7-11-3-5-12(6-4-11)16(17,18)19/h3-6,8H,7H2,1-2H3,(H,20,23). The van der Waals surface area contributed by atoms with Crippen LogP contribution >= 0.6 is 11.3 Å². The summed E-state index contributed by atoms with van der Waals surface area (Å²) in [7, 11) is 0. The lowest BCUT2D eigenvalue weighted by atomic mass is 10.1. The molecule has 0 radical (unpaired) electrons. The van der Waals surface area contributed by atoms with Crippen molar-refractivity contribution < 1.29 is 18.0 Å². The van der Waals surface area contributed by atoms with Crippen LogP contribution < -0.4 is 5.32 Å². The van der Waals surface area contributed by atoms with Crippen LogP contribution in [0.15, 0.2) is 30.5 Å². The topological polar surface area (TPSA) is 46.4 Å². The third-order valence-electron chi connectivity index (χ3n) is 3.57. The molecule has 0 aliphatic heterocycles. The van der Waals surface area contributed by atoms with E-state index in [0.29, 0.717) is 17.0 Å². The molecule has 0 unspecified atom stereocenters. The summed E-state index contributed by atoms with van der Waals surface area (Å²) in [6.45, 7) is 3.83. The fourth-order valence-electron chi connectivity index (χ4n) is 2.42.